The van der Waals surface area contributed by atoms with Crippen LogP contribution in [0.3, 0.4) is 0 Å². The van der Waals surface area contributed by atoms with Crippen molar-refractivity contribution in [2.24, 2.45) is 0 Å². The molecular formula is C15H23NO3S. The van der Waals surface area contributed by atoms with Gasteiger partial charge in [-0.25, -0.2) is 8.42 Å². The largest absolute Gasteiger partial charge is 0.493 e. The highest BCUT2D eigenvalue weighted by Gasteiger charge is 2.18. The van der Waals surface area contributed by atoms with Gasteiger partial charge in [-0.05, 0) is 36.6 Å². The van der Waals surface area contributed by atoms with Gasteiger partial charge in [0.2, 0.25) is 0 Å². The number of benzene rings is 1. The Kier molecular flexibility index (Phi) is 5.05. The Labute approximate surface area is 121 Å². The van der Waals surface area contributed by atoms with Crippen molar-refractivity contribution in [1.29, 1.82) is 0 Å². The van der Waals surface area contributed by atoms with E-state index in [0.717, 1.165) is 37.3 Å². The Hall–Kier alpha value is -1.07. The van der Waals surface area contributed by atoms with Gasteiger partial charge in [0.1, 0.15) is 15.6 Å². The first kappa shape index (κ1) is 15.3. The smallest absolute Gasteiger partial charge is 0.147 e. The second-order valence-electron chi connectivity index (χ2n) is 5.39. The monoisotopic (exact) mass is 297 g/mol. The minimum atomic E-state index is -2.93. The molecule has 4 nitrogen and oxygen atoms in total. The van der Waals surface area contributed by atoms with Gasteiger partial charge >= 0.3 is 0 Å². The van der Waals surface area contributed by atoms with Crippen molar-refractivity contribution in [3.63, 3.8) is 0 Å². The quantitative estimate of drug-likeness (QED) is 0.837. The summed E-state index contributed by atoms with van der Waals surface area (Å²) >= 11 is 0. The minimum Gasteiger partial charge on any atom is -0.493 e. The number of sulfone groups is 1. The molecule has 1 aliphatic heterocycles. The fraction of sp³-hybridized carbons (Fsp3) is 0.600. The molecule has 1 atom stereocenters. The van der Waals surface area contributed by atoms with Crippen LogP contribution in [0.25, 0.3) is 0 Å². The summed E-state index contributed by atoms with van der Waals surface area (Å²) in [4.78, 5) is 0. The van der Waals surface area contributed by atoms with E-state index < -0.39 is 9.84 Å². The molecule has 20 heavy (non-hydrogen) atoms. The topological polar surface area (TPSA) is 55.4 Å². The second kappa shape index (κ2) is 6.59. The zero-order valence-electron chi connectivity index (χ0n) is 12.2. The lowest BCUT2D eigenvalue weighted by atomic mass is 10.0. The van der Waals surface area contributed by atoms with Crippen LogP contribution in [0.15, 0.2) is 18.2 Å². The van der Waals surface area contributed by atoms with Crippen LogP contribution in [0, 0.1) is 0 Å². The fourth-order valence-corrected chi connectivity index (χ4v) is 3.12. The molecule has 0 saturated heterocycles. The minimum absolute atomic E-state index is 0.0931. The predicted octanol–water partition coefficient (Wildman–Crippen LogP) is 2.10. The number of hydrogen-bond donors (Lipinski definition) is 1. The second-order valence-corrected chi connectivity index (χ2v) is 7.65. The number of fused-ring (bicyclic) bond motifs is 1. The zero-order chi connectivity index (χ0) is 14.6. The molecule has 1 N–H and O–H groups in total. The summed E-state index contributed by atoms with van der Waals surface area (Å²) < 4.78 is 28.3. The summed E-state index contributed by atoms with van der Waals surface area (Å²) in [5.74, 6) is 1.17. The number of nitrogens with one attached hydrogen (secondary N) is 1. The highest BCUT2D eigenvalue weighted by Crippen LogP contribution is 2.29. The standard InChI is InChI=1S/C15H23NO3S/c1-3-8-16-14(7-10-20(2,17)18)12-4-5-15-13(11-12)6-9-19-15/h4-5,11,14,16H,3,6-10H2,1-2H3. The number of rotatable bonds is 7. The molecule has 0 spiro atoms. The molecule has 0 bridgehead atoms. The molecule has 1 unspecified atom stereocenters. The highest BCUT2D eigenvalue weighted by atomic mass is 32.2. The predicted molar refractivity (Wildman–Crippen MR) is 81.0 cm³/mol. The normalized spacial score (nSPS) is 15.7. The molecule has 5 heteroatoms. The van der Waals surface area contributed by atoms with Gasteiger partial charge in [0.05, 0.1) is 12.4 Å². The average Bonchev–Trinajstić information content (AvgIpc) is 2.85. The van der Waals surface area contributed by atoms with Gasteiger partial charge in [-0.15, -0.1) is 0 Å². The Balaban J connectivity index is 2.12. The first-order valence-electron chi connectivity index (χ1n) is 7.16. The molecular weight excluding hydrogens is 274 g/mol. The molecule has 0 aromatic heterocycles. The first-order chi connectivity index (χ1) is 9.49. The van der Waals surface area contributed by atoms with Crippen LogP contribution in [0.5, 0.6) is 5.75 Å². The van der Waals surface area contributed by atoms with Crippen LogP contribution < -0.4 is 10.1 Å². The van der Waals surface area contributed by atoms with Crippen molar-refractivity contribution in [2.75, 3.05) is 25.2 Å². The summed E-state index contributed by atoms with van der Waals surface area (Å²) in [6.07, 6.45) is 3.87. The van der Waals surface area contributed by atoms with Crippen molar-refractivity contribution < 1.29 is 13.2 Å². The summed E-state index contributed by atoms with van der Waals surface area (Å²) in [6.45, 7) is 3.74. The van der Waals surface area contributed by atoms with E-state index in [1.54, 1.807) is 0 Å². The van der Waals surface area contributed by atoms with Gasteiger partial charge in [0.15, 0.2) is 0 Å². The number of hydrogen-bond acceptors (Lipinski definition) is 4. The average molecular weight is 297 g/mol. The third-order valence-corrected chi connectivity index (χ3v) is 4.51. The lowest BCUT2D eigenvalue weighted by Gasteiger charge is -2.19. The molecule has 2 rings (SSSR count). The lowest BCUT2D eigenvalue weighted by Crippen LogP contribution is -2.24. The molecule has 1 aliphatic rings. The molecule has 0 radical (unpaired) electrons. The highest BCUT2D eigenvalue weighted by molar-refractivity contribution is 7.90. The summed E-state index contributed by atoms with van der Waals surface area (Å²) in [5.41, 5.74) is 2.39. The Morgan fingerprint density at radius 2 is 2.20 bits per heavy atom. The molecule has 0 fully saturated rings. The third kappa shape index (κ3) is 4.21. The molecule has 1 heterocycles. The van der Waals surface area contributed by atoms with Gasteiger partial charge in [-0.2, -0.15) is 0 Å². The maximum absolute atomic E-state index is 11.4. The Morgan fingerprint density at radius 1 is 1.40 bits per heavy atom. The van der Waals surface area contributed by atoms with Crippen molar-refractivity contribution in [3.8, 4) is 5.75 Å². The summed E-state index contributed by atoms with van der Waals surface area (Å²) in [7, 11) is -2.93. The van der Waals surface area contributed by atoms with Crippen LogP contribution in [0.4, 0.5) is 0 Å². The Morgan fingerprint density at radius 3 is 2.90 bits per heavy atom. The molecule has 112 valence electrons. The van der Waals surface area contributed by atoms with Crippen molar-refractivity contribution in [3.05, 3.63) is 29.3 Å². The maximum atomic E-state index is 11.4. The zero-order valence-corrected chi connectivity index (χ0v) is 13.0. The van der Waals surface area contributed by atoms with Crippen LogP contribution >= 0.6 is 0 Å². The van der Waals surface area contributed by atoms with E-state index in [0.29, 0.717) is 6.42 Å². The SMILES string of the molecule is CCCNC(CCS(C)(=O)=O)c1ccc2c(c1)CCO2. The third-order valence-electron chi connectivity index (χ3n) is 3.53. The van der Waals surface area contributed by atoms with Crippen LogP contribution in [-0.4, -0.2) is 33.6 Å². The van der Waals surface area contributed by atoms with Crippen LogP contribution in [-0.2, 0) is 16.3 Å². The van der Waals surface area contributed by atoms with E-state index in [2.05, 4.69) is 18.3 Å². The maximum Gasteiger partial charge on any atom is 0.147 e. The van der Waals surface area contributed by atoms with Gasteiger partial charge in [0.25, 0.3) is 0 Å². The summed E-state index contributed by atoms with van der Waals surface area (Å²) in [5, 5.41) is 3.44. The van der Waals surface area contributed by atoms with Crippen molar-refractivity contribution in [2.45, 2.75) is 32.2 Å². The first-order valence-corrected chi connectivity index (χ1v) is 9.22. The van der Waals surface area contributed by atoms with E-state index in [1.165, 1.54) is 11.8 Å². The van der Waals surface area contributed by atoms with Gasteiger partial charge in [-0.1, -0.05) is 19.1 Å². The number of ether oxygens (including phenoxy) is 1. The van der Waals surface area contributed by atoms with E-state index >= 15 is 0 Å². The lowest BCUT2D eigenvalue weighted by molar-refractivity contribution is 0.356. The van der Waals surface area contributed by atoms with Gasteiger partial charge < -0.3 is 10.1 Å². The van der Waals surface area contributed by atoms with Gasteiger partial charge in [0, 0.05) is 18.7 Å². The molecule has 0 amide bonds. The van der Waals surface area contributed by atoms with Crippen LogP contribution in [0.1, 0.15) is 36.9 Å². The van der Waals surface area contributed by atoms with E-state index in [1.807, 2.05) is 12.1 Å². The molecule has 1 aromatic rings. The van der Waals surface area contributed by atoms with E-state index in [-0.39, 0.29) is 11.8 Å². The summed E-state index contributed by atoms with van der Waals surface area (Å²) in [6, 6.07) is 6.28. The fourth-order valence-electron chi connectivity index (χ4n) is 2.46. The van der Waals surface area contributed by atoms with E-state index in [4.69, 9.17) is 4.74 Å². The molecule has 1 aromatic carbocycles. The van der Waals surface area contributed by atoms with Crippen LogP contribution in [0.2, 0.25) is 0 Å². The van der Waals surface area contributed by atoms with E-state index in [9.17, 15) is 8.42 Å². The Bertz CT molecular complexity index is 554. The van der Waals surface area contributed by atoms with Gasteiger partial charge in [-0.3, -0.25) is 0 Å². The van der Waals surface area contributed by atoms with Crippen molar-refractivity contribution >= 4 is 9.84 Å². The molecule has 0 aliphatic carbocycles. The van der Waals surface area contributed by atoms with Crippen molar-refractivity contribution in [1.82, 2.24) is 5.32 Å². The molecule has 0 saturated carbocycles.